The molecule has 1 N–H and O–H groups in total. The predicted molar refractivity (Wildman–Crippen MR) is 159 cm³/mol. The van der Waals surface area contributed by atoms with Gasteiger partial charge < -0.3 is 33.5 Å². The lowest BCUT2D eigenvalue weighted by molar-refractivity contribution is 0.0434. The molecule has 0 saturated carbocycles. The first-order chi connectivity index (χ1) is 20.3. The number of hydrogen-bond donors (Lipinski definition) is 1. The van der Waals surface area contributed by atoms with Gasteiger partial charge in [0.2, 0.25) is 5.75 Å². The van der Waals surface area contributed by atoms with Gasteiger partial charge in [-0.15, -0.1) is 0 Å². The summed E-state index contributed by atoms with van der Waals surface area (Å²) in [7, 11) is 0.889. The molecule has 1 aliphatic rings. The van der Waals surface area contributed by atoms with Gasteiger partial charge in [-0.2, -0.15) is 0 Å². The largest absolute Gasteiger partial charge is 0.493 e. The summed E-state index contributed by atoms with van der Waals surface area (Å²) in [4.78, 5) is 0.0461. The van der Waals surface area contributed by atoms with Crippen molar-refractivity contribution >= 4 is 9.84 Å². The first-order valence-corrected chi connectivity index (χ1v) is 15.8. The van der Waals surface area contributed by atoms with E-state index in [1.807, 2.05) is 55.5 Å². The summed E-state index contributed by atoms with van der Waals surface area (Å²) in [5.74, 6) is 1.88. The molecular formula is C32H40O9S. The first-order valence-electron chi connectivity index (χ1n) is 14.1. The zero-order chi connectivity index (χ0) is 30.1. The van der Waals surface area contributed by atoms with E-state index in [1.54, 1.807) is 27.4 Å². The van der Waals surface area contributed by atoms with E-state index in [2.05, 4.69) is 0 Å². The van der Waals surface area contributed by atoms with Crippen molar-refractivity contribution in [2.45, 2.75) is 56.3 Å². The Bertz CT molecular complexity index is 1400. The summed E-state index contributed by atoms with van der Waals surface area (Å²) in [5.41, 5.74) is 2.49. The van der Waals surface area contributed by atoms with E-state index < -0.39 is 9.84 Å². The van der Waals surface area contributed by atoms with Crippen LogP contribution in [0.15, 0.2) is 59.5 Å². The maximum Gasteiger partial charge on any atom is 0.203 e. The normalized spacial score (nSPS) is 16.7. The minimum Gasteiger partial charge on any atom is -0.493 e. The zero-order valence-electron chi connectivity index (χ0n) is 24.6. The Morgan fingerprint density at radius 2 is 1.45 bits per heavy atom. The highest BCUT2D eigenvalue weighted by Crippen LogP contribution is 2.48. The molecule has 4 rings (SSSR count). The quantitative estimate of drug-likeness (QED) is 0.230. The molecule has 3 aromatic rings. The molecule has 0 unspecified atom stereocenters. The van der Waals surface area contributed by atoms with Gasteiger partial charge in [-0.3, -0.25) is 0 Å². The summed E-state index contributed by atoms with van der Waals surface area (Å²) >= 11 is 0. The van der Waals surface area contributed by atoms with Gasteiger partial charge in [0.1, 0.15) is 11.5 Å². The second-order valence-electron chi connectivity index (χ2n) is 10.0. The molecule has 0 aliphatic carbocycles. The topological polar surface area (TPSA) is 110 Å². The molecule has 0 bridgehead atoms. The summed E-state index contributed by atoms with van der Waals surface area (Å²) in [5, 5.41) is 9.36. The number of aliphatic hydroxyl groups excluding tert-OH is 1. The molecule has 0 spiro atoms. The third-order valence-electron chi connectivity index (χ3n) is 7.09. The van der Waals surface area contributed by atoms with Crippen molar-refractivity contribution in [3.63, 3.8) is 0 Å². The van der Waals surface area contributed by atoms with Crippen LogP contribution in [0, 0.1) is 0 Å². The van der Waals surface area contributed by atoms with Crippen LogP contribution in [0.2, 0.25) is 0 Å². The molecule has 42 heavy (non-hydrogen) atoms. The van der Waals surface area contributed by atoms with Crippen LogP contribution >= 0.6 is 0 Å². The fraction of sp³-hybridized carbons (Fsp3) is 0.438. The number of hydrogen-bond acceptors (Lipinski definition) is 9. The maximum atomic E-state index is 13.5. The average Bonchev–Trinajstić information content (AvgIpc) is 3.52. The van der Waals surface area contributed by atoms with E-state index in [-0.39, 0.29) is 48.2 Å². The van der Waals surface area contributed by atoms with Gasteiger partial charge in [0.15, 0.2) is 32.8 Å². The van der Waals surface area contributed by atoms with Gasteiger partial charge in [-0.1, -0.05) is 37.3 Å². The molecular weight excluding hydrogens is 560 g/mol. The van der Waals surface area contributed by atoms with E-state index in [0.29, 0.717) is 54.4 Å². The van der Waals surface area contributed by atoms with E-state index in [9.17, 15) is 13.5 Å². The Kier molecular flexibility index (Phi) is 11.0. The van der Waals surface area contributed by atoms with Crippen LogP contribution in [-0.2, 0) is 21.2 Å². The lowest BCUT2D eigenvalue weighted by Gasteiger charge is -2.21. The number of ether oxygens (including phenoxy) is 6. The van der Waals surface area contributed by atoms with Crippen LogP contribution in [0.3, 0.4) is 0 Å². The number of rotatable bonds is 15. The highest BCUT2D eigenvalue weighted by atomic mass is 32.2. The maximum absolute atomic E-state index is 13.5. The Balaban J connectivity index is 1.72. The van der Waals surface area contributed by atoms with Gasteiger partial charge in [0.25, 0.3) is 0 Å². The number of aliphatic hydroxyl groups is 1. The van der Waals surface area contributed by atoms with Crippen LogP contribution in [-0.4, -0.2) is 53.8 Å². The van der Waals surface area contributed by atoms with Gasteiger partial charge in [-0.25, -0.2) is 8.42 Å². The Hall–Kier alpha value is -3.47. The fourth-order valence-electron chi connectivity index (χ4n) is 4.98. The third kappa shape index (κ3) is 7.29. The Morgan fingerprint density at radius 3 is 2.02 bits per heavy atom. The minimum absolute atomic E-state index is 0.0461. The van der Waals surface area contributed by atoms with E-state index in [1.165, 1.54) is 0 Å². The van der Waals surface area contributed by atoms with Crippen LogP contribution in [0.1, 0.15) is 61.5 Å². The molecule has 3 aromatic carbocycles. The lowest BCUT2D eigenvalue weighted by Crippen LogP contribution is -2.13. The van der Waals surface area contributed by atoms with E-state index >= 15 is 0 Å². The van der Waals surface area contributed by atoms with Crippen molar-refractivity contribution in [2.75, 3.05) is 40.3 Å². The van der Waals surface area contributed by atoms with Gasteiger partial charge in [-0.05, 0) is 66.6 Å². The molecule has 1 aliphatic heterocycles. The van der Waals surface area contributed by atoms with Crippen LogP contribution in [0.25, 0.3) is 0 Å². The predicted octanol–water partition coefficient (Wildman–Crippen LogP) is 5.83. The van der Waals surface area contributed by atoms with Crippen molar-refractivity contribution < 1.29 is 41.9 Å². The summed E-state index contributed by atoms with van der Waals surface area (Å²) in [6.07, 6.45) is 1.50. The average molecular weight is 601 g/mol. The monoisotopic (exact) mass is 600 g/mol. The van der Waals surface area contributed by atoms with Crippen molar-refractivity contribution in [1.29, 1.82) is 0 Å². The summed E-state index contributed by atoms with van der Waals surface area (Å²) in [6, 6.07) is 16.8. The third-order valence-corrected chi connectivity index (χ3v) is 8.89. The number of methoxy groups -OCH3 is 3. The van der Waals surface area contributed by atoms with Gasteiger partial charge in [0, 0.05) is 6.61 Å². The highest BCUT2D eigenvalue weighted by molar-refractivity contribution is 7.91. The van der Waals surface area contributed by atoms with Crippen molar-refractivity contribution in [2.24, 2.45) is 0 Å². The fourth-order valence-corrected chi connectivity index (χ4v) is 6.47. The van der Waals surface area contributed by atoms with E-state index in [4.69, 9.17) is 28.4 Å². The van der Waals surface area contributed by atoms with E-state index in [0.717, 1.165) is 11.1 Å². The molecule has 1 saturated heterocycles. The standard InChI is InChI=1S/C32H40O9S/c1-5-15-39-32-29(40-21-22-10-7-6-8-11-22)19-24(20-30(32)42(34,35)16-9-14-33)26-13-12-25(41-26)23-17-27(36-2)31(38-4)28(18-23)37-3/h6-8,10-11,17-20,25-26,33H,5,9,12-16,21H2,1-4H3/t25-,26-/m1/s1. The SMILES string of the molecule is CCCOc1c(OCc2ccccc2)cc([C@H]2CC[C@H](c3cc(OC)c(OC)c(OC)c3)O2)cc1S(=O)(=O)CCCO. The number of benzene rings is 3. The first kappa shape index (κ1) is 31.5. The number of sulfone groups is 1. The second kappa shape index (κ2) is 14.6. The molecule has 10 heteroatoms. The van der Waals surface area contributed by atoms with Crippen LogP contribution < -0.4 is 23.7 Å². The van der Waals surface area contributed by atoms with Crippen LogP contribution in [0.5, 0.6) is 28.7 Å². The molecule has 1 heterocycles. The molecule has 1 fully saturated rings. The minimum atomic E-state index is -3.80. The molecule has 0 amide bonds. The van der Waals surface area contributed by atoms with Crippen molar-refractivity contribution in [1.82, 2.24) is 0 Å². The summed E-state index contributed by atoms with van der Waals surface area (Å²) < 4.78 is 62.3. The molecule has 0 radical (unpaired) electrons. The van der Waals surface area contributed by atoms with Crippen LogP contribution in [0.4, 0.5) is 0 Å². The van der Waals surface area contributed by atoms with Gasteiger partial charge >= 0.3 is 0 Å². The smallest absolute Gasteiger partial charge is 0.203 e. The Labute approximate surface area is 248 Å². The van der Waals surface area contributed by atoms with Crippen molar-refractivity contribution in [3.8, 4) is 28.7 Å². The zero-order valence-corrected chi connectivity index (χ0v) is 25.4. The Morgan fingerprint density at radius 1 is 0.833 bits per heavy atom. The lowest BCUT2D eigenvalue weighted by atomic mass is 10.0. The molecule has 228 valence electrons. The second-order valence-corrected chi connectivity index (χ2v) is 12.1. The van der Waals surface area contributed by atoms with Crippen molar-refractivity contribution in [3.05, 3.63) is 71.3 Å². The molecule has 9 nitrogen and oxygen atoms in total. The highest BCUT2D eigenvalue weighted by Gasteiger charge is 2.33. The molecule has 2 atom stereocenters. The summed E-state index contributed by atoms with van der Waals surface area (Å²) in [6.45, 7) is 2.29. The van der Waals surface area contributed by atoms with Gasteiger partial charge in [0.05, 0.1) is 45.9 Å². The molecule has 0 aromatic heterocycles.